The second-order valence-corrected chi connectivity index (χ2v) is 5.88. The first-order valence-corrected chi connectivity index (χ1v) is 6.73. The van der Waals surface area contributed by atoms with Crippen LogP contribution in [0, 0.1) is 6.92 Å². The molecule has 5 heteroatoms. The Labute approximate surface area is 99.8 Å². The monoisotopic (exact) mass is 252 g/mol. The third-order valence-electron chi connectivity index (χ3n) is 2.71. The van der Waals surface area contributed by atoms with E-state index in [1.807, 2.05) is 0 Å². The molecule has 1 aliphatic rings. The van der Waals surface area contributed by atoms with Gasteiger partial charge in [-0.1, -0.05) is 12.2 Å². The molecule has 0 saturated carbocycles. The molecule has 4 nitrogen and oxygen atoms in total. The van der Waals surface area contributed by atoms with E-state index in [4.69, 9.17) is 0 Å². The second kappa shape index (κ2) is 4.00. The van der Waals surface area contributed by atoms with Gasteiger partial charge < -0.3 is 4.74 Å². The number of fused-ring (bicyclic) bond motifs is 1. The average molecular weight is 252 g/mol. The summed E-state index contributed by atoms with van der Waals surface area (Å²) in [4.78, 5) is 11.7. The number of aryl methyl sites for hydroxylation is 1. The fourth-order valence-corrected chi connectivity index (χ4v) is 3.14. The van der Waals surface area contributed by atoms with E-state index in [1.54, 1.807) is 25.1 Å². The van der Waals surface area contributed by atoms with Crippen LogP contribution in [-0.4, -0.2) is 27.2 Å². The molecule has 0 bridgehead atoms. The van der Waals surface area contributed by atoms with Gasteiger partial charge in [0.2, 0.25) is 0 Å². The van der Waals surface area contributed by atoms with Crippen molar-refractivity contribution >= 4 is 21.9 Å². The summed E-state index contributed by atoms with van der Waals surface area (Å²) in [5.41, 5.74) is 1.63. The van der Waals surface area contributed by atoms with Crippen LogP contribution in [0.25, 0.3) is 6.08 Å². The van der Waals surface area contributed by atoms with E-state index in [0.717, 1.165) is 0 Å². The number of rotatable bonds is 1. The van der Waals surface area contributed by atoms with Crippen LogP contribution in [-0.2, 0) is 14.6 Å². The zero-order valence-electron chi connectivity index (χ0n) is 9.56. The number of esters is 1. The van der Waals surface area contributed by atoms with Crippen LogP contribution in [0.3, 0.4) is 0 Å². The van der Waals surface area contributed by atoms with Crippen LogP contribution in [0.1, 0.15) is 21.5 Å². The minimum atomic E-state index is -3.32. The van der Waals surface area contributed by atoms with E-state index in [1.165, 1.54) is 13.2 Å². The number of sulfone groups is 1. The molecule has 1 aliphatic heterocycles. The topological polar surface area (TPSA) is 60.4 Å². The normalized spacial score (nSPS) is 16.4. The minimum Gasteiger partial charge on any atom is -0.465 e. The highest BCUT2D eigenvalue weighted by molar-refractivity contribution is 7.91. The number of carbonyl (C=O) groups excluding carboxylic acids is 1. The van der Waals surface area contributed by atoms with Gasteiger partial charge in [-0.15, -0.1) is 0 Å². The lowest BCUT2D eigenvalue weighted by Gasteiger charge is -2.14. The first-order chi connectivity index (χ1) is 7.95. The van der Waals surface area contributed by atoms with Gasteiger partial charge in [0, 0.05) is 0 Å². The van der Waals surface area contributed by atoms with E-state index in [-0.39, 0.29) is 10.6 Å². The largest absolute Gasteiger partial charge is 0.465 e. The summed E-state index contributed by atoms with van der Waals surface area (Å²) in [5.74, 6) is -0.543. The highest BCUT2D eigenvalue weighted by Gasteiger charge is 2.23. The SMILES string of the molecule is COC(=O)c1cc2c(cc1C)C=CCS2(=O)=O. The van der Waals surface area contributed by atoms with Crippen molar-refractivity contribution in [2.24, 2.45) is 0 Å². The predicted molar refractivity (Wildman–Crippen MR) is 63.6 cm³/mol. The van der Waals surface area contributed by atoms with E-state index < -0.39 is 15.8 Å². The number of ether oxygens (including phenoxy) is 1. The Balaban J connectivity index is 2.70. The summed E-state index contributed by atoms with van der Waals surface area (Å²) >= 11 is 0. The number of carbonyl (C=O) groups is 1. The zero-order chi connectivity index (χ0) is 12.6. The fourth-order valence-electron chi connectivity index (χ4n) is 1.83. The summed E-state index contributed by atoms with van der Waals surface area (Å²) in [6.07, 6.45) is 3.36. The molecule has 0 amide bonds. The third-order valence-corrected chi connectivity index (χ3v) is 4.37. The van der Waals surface area contributed by atoms with Crippen molar-refractivity contribution in [1.29, 1.82) is 0 Å². The van der Waals surface area contributed by atoms with Crippen molar-refractivity contribution in [3.05, 3.63) is 34.9 Å². The first-order valence-electron chi connectivity index (χ1n) is 5.08. The molecule has 1 heterocycles. The van der Waals surface area contributed by atoms with Crippen molar-refractivity contribution in [1.82, 2.24) is 0 Å². The number of hydrogen-bond acceptors (Lipinski definition) is 4. The molecular formula is C12H12O4S. The van der Waals surface area contributed by atoms with E-state index >= 15 is 0 Å². The molecule has 0 unspecified atom stereocenters. The van der Waals surface area contributed by atoms with Crippen molar-refractivity contribution in [2.75, 3.05) is 12.9 Å². The summed E-state index contributed by atoms with van der Waals surface area (Å²) < 4.78 is 28.3. The summed E-state index contributed by atoms with van der Waals surface area (Å²) in [7, 11) is -2.04. The van der Waals surface area contributed by atoms with Gasteiger partial charge in [-0.2, -0.15) is 0 Å². The molecule has 0 radical (unpaired) electrons. The Morgan fingerprint density at radius 2 is 2.06 bits per heavy atom. The predicted octanol–water partition coefficient (Wildman–Crippen LogP) is 1.58. The van der Waals surface area contributed by atoms with Gasteiger partial charge in [0.15, 0.2) is 9.84 Å². The maximum Gasteiger partial charge on any atom is 0.338 e. The molecule has 1 aromatic carbocycles. The van der Waals surface area contributed by atoms with Crippen LogP contribution < -0.4 is 0 Å². The Morgan fingerprint density at radius 1 is 1.35 bits per heavy atom. The molecule has 0 spiro atoms. The highest BCUT2D eigenvalue weighted by Crippen LogP contribution is 2.27. The van der Waals surface area contributed by atoms with Gasteiger partial charge in [0.05, 0.1) is 23.3 Å². The smallest absolute Gasteiger partial charge is 0.338 e. The Kier molecular flexibility index (Phi) is 2.79. The lowest BCUT2D eigenvalue weighted by atomic mass is 10.0. The average Bonchev–Trinajstić information content (AvgIpc) is 2.27. The van der Waals surface area contributed by atoms with Gasteiger partial charge in [-0.25, -0.2) is 13.2 Å². The van der Waals surface area contributed by atoms with Gasteiger partial charge in [0.25, 0.3) is 0 Å². The van der Waals surface area contributed by atoms with Crippen molar-refractivity contribution < 1.29 is 17.9 Å². The molecule has 0 N–H and O–H groups in total. The molecule has 17 heavy (non-hydrogen) atoms. The van der Waals surface area contributed by atoms with Crippen molar-refractivity contribution in [3.63, 3.8) is 0 Å². The lowest BCUT2D eigenvalue weighted by Crippen LogP contribution is -2.13. The molecule has 90 valence electrons. The van der Waals surface area contributed by atoms with Crippen LogP contribution in [0.5, 0.6) is 0 Å². The number of hydrogen-bond donors (Lipinski definition) is 0. The highest BCUT2D eigenvalue weighted by atomic mass is 32.2. The van der Waals surface area contributed by atoms with Crippen LogP contribution in [0.2, 0.25) is 0 Å². The van der Waals surface area contributed by atoms with Gasteiger partial charge in [-0.05, 0) is 30.2 Å². The molecular weight excluding hydrogens is 240 g/mol. The Morgan fingerprint density at radius 3 is 2.71 bits per heavy atom. The summed E-state index contributed by atoms with van der Waals surface area (Å²) in [6.45, 7) is 1.75. The van der Waals surface area contributed by atoms with E-state index in [2.05, 4.69) is 4.74 Å². The second-order valence-electron chi connectivity index (χ2n) is 3.88. The fraction of sp³-hybridized carbons (Fsp3) is 0.250. The Bertz CT molecular complexity index is 612. The van der Waals surface area contributed by atoms with Gasteiger partial charge >= 0.3 is 5.97 Å². The van der Waals surface area contributed by atoms with Crippen molar-refractivity contribution in [2.45, 2.75) is 11.8 Å². The van der Waals surface area contributed by atoms with Crippen molar-refractivity contribution in [3.8, 4) is 0 Å². The zero-order valence-corrected chi connectivity index (χ0v) is 10.4. The first kappa shape index (κ1) is 11.9. The third kappa shape index (κ3) is 1.98. The maximum absolute atomic E-state index is 11.8. The van der Waals surface area contributed by atoms with Crippen LogP contribution in [0.4, 0.5) is 0 Å². The number of benzene rings is 1. The van der Waals surface area contributed by atoms with E-state index in [9.17, 15) is 13.2 Å². The van der Waals surface area contributed by atoms with Crippen LogP contribution in [0.15, 0.2) is 23.1 Å². The molecule has 0 aliphatic carbocycles. The Hall–Kier alpha value is -1.62. The number of methoxy groups -OCH3 is 1. The molecule has 0 saturated heterocycles. The molecule has 0 aromatic heterocycles. The quantitative estimate of drug-likeness (QED) is 0.712. The summed E-state index contributed by atoms with van der Waals surface area (Å²) in [5, 5.41) is 0. The van der Waals surface area contributed by atoms with Gasteiger partial charge in [-0.3, -0.25) is 0 Å². The molecule has 0 fully saturated rings. The summed E-state index contributed by atoms with van der Waals surface area (Å²) in [6, 6.07) is 3.09. The lowest BCUT2D eigenvalue weighted by molar-refractivity contribution is 0.0599. The van der Waals surface area contributed by atoms with E-state index in [0.29, 0.717) is 16.7 Å². The van der Waals surface area contributed by atoms with Gasteiger partial charge in [0.1, 0.15) is 0 Å². The molecule has 0 atom stereocenters. The minimum absolute atomic E-state index is 0.0241. The standard InChI is InChI=1S/C12H12O4S/c1-8-6-9-4-3-5-17(14,15)11(9)7-10(8)12(13)16-2/h3-4,6-7H,5H2,1-2H3. The maximum atomic E-state index is 11.8. The molecule has 2 rings (SSSR count). The molecule has 1 aromatic rings. The van der Waals surface area contributed by atoms with Crippen LogP contribution >= 0.6 is 0 Å².